The molecule has 67 heavy (non-hydrogen) atoms. The second-order valence-corrected chi connectivity index (χ2v) is 18.1. The summed E-state index contributed by atoms with van der Waals surface area (Å²) in [6.07, 6.45) is -1.79. The summed E-state index contributed by atoms with van der Waals surface area (Å²) in [5, 5.41) is 43.5. The Hall–Kier alpha value is -5.87. The Bertz CT molecular complexity index is 1830. The van der Waals surface area contributed by atoms with Crippen molar-refractivity contribution in [2.24, 2.45) is 11.7 Å². The molecular weight excluding hydrogens is 873 g/mol. The summed E-state index contributed by atoms with van der Waals surface area (Å²) in [4.78, 5) is 123. The predicted octanol–water partition coefficient (Wildman–Crippen LogP) is -1.60. The maximum Gasteiger partial charge on any atom is 0.407 e. The second-order valence-electron chi connectivity index (χ2n) is 18.1. The van der Waals surface area contributed by atoms with E-state index in [0.717, 1.165) is 0 Å². The van der Waals surface area contributed by atoms with E-state index in [2.05, 4.69) is 47.9 Å². The zero-order valence-corrected chi connectivity index (χ0v) is 40.0. The number of carbonyl (C=O) groups is 9. The van der Waals surface area contributed by atoms with Gasteiger partial charge in [-0.1, -0.05) is 70.9 Å². The van der Waals surface area contributed by atoms with E-state index in [1.807, 2.05) is 13.8 Å². The lowest BCUT2D eigenvalue weighted by Gasteiger charge is -2.28. The third kappa shape index (κ3) is 20.7. The Labute approximate surface area is 392 Å². The smallest absolute Gasteiger partial charge is 0.407 e. The zero-order chi connectivity index (χ0) is 50.4. The van der Waals surface area contributed by atoms with Gasteiger partial charge in [0.05, 0.1) is 12.7 Å². The van der Waals surface area contributed by atoms with Gasteiger partial charge in [0.25, 0.3) is 0 Å². The molecule has 22 heteroatoms. The molecule has 0 aliphatic carbocycles. The Morgan fingerprint density at radius 1 is 0.731 bits per heavy atom. The molecule has 0 spiro atoms. The Balaban J connectivity index is 2.77. The highest BCUT2D eigenvalue weighted by atomic mass is 16.6. The Kier molecular flexibility index (Phi) is 24.2. The minimum Gasteiger partial charge on any atom is -0.444 e. The quantitative estimate of drug-likeness (QED) is 0.0945. The molecule has 1 aliphatic rings. The van der Waals surface area contributed by atoms with E-state index in [1.165, 1.54) is 6.92 Å². The lowest BCUT2D eigenvalue weighted by Crippen LogP contribution is -2.61. The van der Waals surface area contributed by atoms with Gasteiger partial charge in [0, 0.05) is 19.5 Å². The fraction of sp³-hybridized carbons (Fsp3) is 0.667. The molecule has 1 aromatic rings. The lowest BCUT2D eigenvalue weighted by atomic mass is 10.00. The van der Waals surface area contributed by atoms with Gasteiger partial charge in [0.15, 0.2) is 0 Å². The maximum absolute atomic E-state index is 14.4. The summed E-state index contributed by atoms with van der Waals surface area (Å²) >= 11 is 0. The first kappa shape index (κ1) is 57.3. The lowest BCUT2D eigenvalue weighted by molar-refractivity contribution is -0.136. The minimum absolute atomic E-state index is 0.0854. The van der Waals surface area contributed by atoms with Crippen LogP contribution in [0.25, 0.3) is 0 Å². The van der Waals surface area contributed by atoms with Crippen molar-refractivity contribution < 1.29 is 58.1 Å². The molecule has 9 amide bonds. The number of rotatable bonds is 15. The van der Waals surface area contributed by atoms with Crippen molar-refractivity contribution in [1.82, 2.24) is 47.9 Å². The number of hydrogen-bond donors (Lipinski definition) is 12. The van der Waals surface area contributed by atoms with Crippen LogP contribution in [0.3, 0.4) is 0 Å². The summed E-state index contributed by atoms with van der Waals surface area (Å²) in [6, 6.07) is -2.37. The van der Waals surface area contributed by atoms with Gasteiger partial charge in [0.2, 0.25) is 47.3 Å². The van der Waals surface area contributed by atoms with Gasteiger partial charge in [-0.3, -0.25) is 38.4 Å². The summed E-state index contributed by atoms with van der Waals surface area (Å²) in [5.41, 5.74) is 5.49. The molecule has 0 aromatic heterocycles. The molecule has 1 aliphatic heterocycles. The average Bonchev–Trinajstić information content (AvgIpc) is 3.25. The summed E-state index contributed by atoms with van der Waals surface area (Å²) in [6.45, 7) is 12.0. The highest BCUT2D eigenvalue weighted by Crippen LogP contribution is 2.12. The fourth-order valence-electron chi connectivity index (χ4n) is 6.88. The third-order valence-electron chi connectivity index (χ3n) is 10.4. The van der Waals surface area contributed by atoms with Gasteiger partial charge < -0.3 is 68.5 Å². The molecule has 1 heterocycles. The molecule has 9 atom stereocenters. The predicted molar refractivity (Wildman–Crippen MR) is 246 cm³/mol. The van der Waals surface area contributed by atoms with Gasteiger partial charge in [0.1, 0.15) is 53.9 Å². The molecule has 22 nitrogen and oxygen atoms in total. The van der Waals surface area contributed by atoms with Crippen LogP contribution >= 0.6 is 0 Å². The molecule has 0 radical (unpaired) electrons. The maximum atomic E-state index is 14.4. The topological polar surface area (TPSA) is 338 Å². The van der Waals surface area contributed by atoms with E-state index in [1.54, 1.807) is 65.0 Å². The SMILES string of the molecule is CCC[C@@H]1NC(=O)[C@H](CC(C)C)NC(=O)[C@@H](Cc2ccccc2)NC(=O)[C@H](CCNC(=O)OC(C)(C)C)NC(=O)[C@@H](NC(=O)[C@H](N)CO)CCNC(=O)[C@H]([C@@H](C)O)NC(=O)[C@H](CCC)NC1=O. The van der Waals surface area contributed by atoms with E-state index in [9.17, 15) is 53.4 Å². The molecule has 376 valence electrons. The molecule has 13 N–H and O–H groups in total. The van der Waals surface area contributed by atoms with E-state index in [-0.39, 0.29) is 57.5 Å². The highest BCUT2D eigenvalue weighted by Gasteiger charge is 2.36. The van der Waals surface area contributed by atoms with Gasteiger partial charge in [-0.05, 0) is 71.3 Å². The molecule has 2 rings (SSSR count). The van der Waals surface area contributed by atoms with Crippen molar-refractivity contribution in [3.63, 3.8) is 0 Å². The molecule has 0 bridgehead atoms. The third-order valence-corrected chi connectivity index (χ3v) is 10.4. The molecule has 1 aromatic carbocycles. The van der Waals surface area contributed by atoms with Crippen LogP contribution in [0.2, 0.25) is 0 Å². The largest absolute Gasteiger partial charge is 0.444 e. The van der Waals surface area contributed by atoms with Crippen LogP contribution in [0.4, 0.5) is 4.79 Å². The van der Waals surface area contributed by atoms with Gasteiger partial charge in [-0.25, -0.2) is 4.79 Å². The number of aliphatic hydroxyl groups is 2. The second kappa shape index (κ2) is 28.3. The first-order valence-corrected chi connectivity index (χ1v) is 23.0. The Morgan fingerprint density at radius 2 is 1.22 bits per heavy atom. The van der Waals surface area contributed by atoms with E-state index >= 15 is 0 Å². The van der Waals surface area contributed by atoms with Crippen LogP contribution in [0.1, 0.15) is 106 Å². The number of aliphatic hydroxyl groups excluding tert-OH is 2. The number of nitrogens with two attached hydrogens (primary N) is 1. The highest BCUT2D eigenvalue weighted by molar-refractivity contribution is 5.98. The van der Waals surface area contributed by atoms with Gasteiger partial charge >= 0.3 is 6.09 Å². The molecule has 1 fully saturated rings. The number of ether oxygens (including phenoxy) is 1. The molecule has 0 unspecified atom stereocenters. The summed E-state index contributed by atoms with van der Waals surface area (Å²) in [7, 11) is 0. The van der Waals surface area contributed by atoms with Crippen LogP contribution < -0.4 is 53.6 Å². The van der Waals surface area contributed by atoms with Crippen LogP contribution in [-0.4, -0.2) is 143 Å². The van der Waals surface area contributed by atoms with Crippen molar-refractivity contribution in [3.05, 3.63) is 35.9 Å². The number of nitrogens with one attached hydrogen (secondary N) is 9. The number of benzene rings is 1. The molecule has 1 saturated heterocycles. The van der Waals surface area contributed by atoms with E-state index in [0.29, 0.717) is 18.4 Å². The number of hydrogen-bond acceptors (Lipinski definition) is 13. The number of carbonyl (C=O) groups excluding carboxylic acids is 9. The Morgan fingerprint density at radius 3 is 1.75 bits per heavy atom. The van der Waals surface area contributed by atoms with Crippen molar-refractivity contribution >= 4 is 53.4 Å². The van der Waals surface area contributed by atoms with Gasteiger partial charge in [-0.2, -0.15) is 0 Å². The van der Waals surface area contributed by atoms with E-state index < -0.39 is 120 Å². The molecular formula is C45H74N10O12. The van der Waals surface area contributed by atoms with Crippen LogP contribution in [0, 0.1) is 5.92 Å². The summed E-state index contributed by atoms with van der Waals surface area (Å²) < 4.78 is 5.31. The van der Waals surface area contributed by atoms with Gasteiger partial charge in [-0.15, -0.1) is 0 Å². The number of alkyl carbamates (subject to hydrolysis) is 1. The normalized spacial score (nSPS) is 24.3. The van der Waals surface area contributed by atoms with Crippen LogP contribution in [0.15, 0.2) is 30.3 Å². The van der Waals surface area contributed by atoms with Crippen molar-refractivity contribution in [1.29, 1.82) is 0 Å². The monoisotopic (exact) mass is 947 g/mol. The zero-order valence-electron chi connectivity index (χ0n) is 40.0. The number of amides is 9. The summed E-state index contributed by atoms with van der Waals surface area (Å²) in [5.74, 6) is -6.89. The first-order valence-electron chi connectivity index (χ1n) is 23.0. The first-order chi connectivity index (χ1) is 31.5. The van der Waals surface area contributed by atoms with Crippen LogP contribution in [0.5, 0.6) is 0 Å². The van der Waals surface area contributed by atoms with E-state index in [4.69, 9.17) is 10.5 Å². The van der Waals surface area contributed by atoms with Crippen molar-refractivity contribution in [2.45, 2.75) is 167 Å². The average molecular weight is 947 g/mol. The van der Waals surface area contributed by atoms with Crippen molar-refractivity contribution in [3.8, 4) is 0 Å². The standard InChI is InChI=1S/C45H74N10O12/c1-9-14-29-37(59)50-30(15-10-2)40(62)55-35(26(5)57)43(65)47-20-18-31(49-36(58)28(46)24-56)38(60)52-32(19-21-48-44(66)67-45(6,7)8)39(61)54-34(23-27-16-12-11-13-17-27)42(64)53-33(22-25(3)4)41(63)51-29/h11-13,16-17,25-26,28-35,56-57H,9-10,14-15,18-24,46H2,1-8H3,(H,47,65)(H,48,66)(H,49,58)(H,50,59)(H,51,63)(H,52,60)(H,53,64)(H,54,61)(H,55,62)/t26-,28-,29+,30+,31+,32+,33+,34-,35+/m1/s1. The van der Waals surface area contributed by atoms with Crippen molar-refractivity contribution in [2.75, 3.05) is 19.7 Å². The van der Waals surface area contributed by atoms with Crippen LogP contribution in [-0.2, 0) is 49.5 Å². The molecule has 0 saturated carbocycles. The fourth-order valence-corrected chi connectivity index (χ4v) is 6.88. The minimum atomic E-state index is -1.56.